The average molecular weight is 365 g/mol. The number of fused-ring (bicyclic) bond motifs is 3. The molecule has 4 aromatic rings. The first-order valence-corrected chi connectivity index (χ1v) is 8.73. The molecule has 130 valence electrons. The molecule has 5 nitrogen and oxygen atoms in total. The lowest BCUT2D eigenvalue weighted by Gasteiger charge is -2.04. The molecule has 0 spiro atoms. The molecule has 0 saturated heterocycles. The highest BCUT2D eigenvalue weighted by Gasteiger charge is 2.10. The van der Waals surface area contributed by atoms with Crippen LogP contribution in [0.15, 0.2) is 58.7 Å². The van der Waals surface area contributed by atoms with Crippen LogP contribution in [0.2, 0.25) is 5.02 Å². The zero-order chi connectivity index (χ0) is 18.3. The van der Waals surface area contributed by atoms with Crippen molar-refractivity contribution in [3.05, 3.63) is 75.3 Å². The van der Waals surface area contributed by atoms with Gasteiger partial charge in [0.2, 0.25) is 0 Å². The number of H-pyrrole nitrogens is 1. The van der Waals surface area contributed by atoms with Crippen LogP contribution >= 0.6 is 11.6 Å². The number of hydrogen-bond acceptors (Lipinski definition) is 3. The van der Waals surface area contributed by atoms with Gasteiger partial charge in [0.05, 0.1) is 6.21 Å². The normalized spacial score (nSPS) is 12.0. The number of halogens is 1. The van der Waals surface area contributed by atoms with Crippen molar-refractivity contribution in [2.45, 2.75) is 19.8 Å². The highest BCUT2D eigenvalue weighted by molar-refractivity contribution is 6.31. The van der Waals surface area contributed by atoms with Crippen molar-refractivity contribution in [3.63, 3.8) is 0 Å². The molecular weight excluding hydrogens is 348 g/mol. The summed E-state index contributed by atoms with van der Waals surface area (Å²) in [5, 5.41) is 5.69. The largest absolute Gasteiger partial charge is 0.349 e. The van der Waals surface area contributed by atoms with Crippen molar-refractivity contribution in [3.8, 4) is 0 Å². The Labute approximate surface area is 155 Å². The average Bonchev–Trinajstić information content (AvgIpc) is 3.00. The number of nitrogens with one attached hydrogen (secondary N) is 1. The van der Waals surface area contributed by atoms with Gasteiger partial charge < -0.3 is 4.98 Å². The zero-order valence-electron chi connectivity index (χ0n) is 14.4. The van der Waals surface area contributed by atoms with Crippen LogP contribution in [0.3, 0.4) is 0 Å². The van der Waals surface area contributed by atoms with E-state index in [-0.39, 0.29) is 5.56 Å². The van der Waals surface area contributed by atoms with E-state index in [1.165, 1.54) is 16.6 Å². The summed E-state index contributed by atoms with van der Waals surface area (Å²) in [5.41, 5.74) is 3.76. The highest BCUT2D eigenvalue weighted by Crippen LogP contribution is 2.24. The second kappa shape index (κ2) is 6.42. The van der Waals surface area contributed by atoms with Gasteiger partial charge in [-0.25, -0.2) is 4.98 Å². The summed E-state index contributed by atoms with van der Waals surface area (Å²) in [5.74, 6) is 0.478. The number of aromatic amines is 1. The van der Waals surface area contributed by atoms with E-state index in [1.54, 1.807) is 18.3 Å². The van der Waals surface area contributed by atoms with Gasteiger partial charge in [0.1, 0.15) is 17.4 Å². The maximum atomic E-state index is 12.7. The van der Waals surface area contributed by atoms with E-state index in [4.69, 9.17) is 11.6 Å². The highest BCUT2D eigenvalue weighted by atomic mass is 35.5. The Bertz CT molecular complexity index is 1190. The molecule has 0 atom stereocenters. The second-order valence-corrected chi connectivity index (χ2v) is 6.94. The third-order valence-corrected chi connectivity index (χ3v) is 4.62. The summed E-state index contributed by atoms with van der Waals surface area (Å²) in [7, 11) is 0. The van der Waals surface area contributed by atoms with Gasteiger partial charge >= 0.3 is 0 Å². The maximum Gasteiger partial charge on any atom is 0.298 e. The summed E-state index contributed by atoms with van der Waals surface area (Å²) in [6, 6.07) is 13.5. The Kier molecular flexibility index (Phi) is 4.09. The Morgan fingerprint density at radius 3 is 2.69 bits per heavy atom. The molecule has 0 radical (unpaired) electrons. The van der Waals surface area contributed by atoms with Crippen LogP contribution in [0.5, 0.6) is 0 Å². The lowest BCUT2D eigenvalue weighted by atomic mass is 10.0. The summed E-state index contributed by atoms with van der Waals surface area (Å²) in [4.78, 5) is 20.2. The molecule has 0 fully saturated rings. The van der Waals surface area contributed by atoms with Gasteiger partial charge in [-0.3, -0.25) is 4.79 Å². The smallest absolute Gasteiger partial charge is 0.298 e. The van der Waals surface area contributed by atoms with Crippen LogP contribution in [0.4, 0.5) is 0 Å². The maximum absolute atomic E-state index is 12.7. The fourth-order valence-corrected chi connectivity index (χ4v) is 3.07. The third-order valence-electron chi connectivity index (χ3n) is 4.39. The molecule has 0 bridgehead atoms. The van der Waals surface area contributed by atoms with Crippen LogP contribution in [0, 0.1) is 0 Å². The summed E-state index contributed by atoms with van der Waals surface area (Å²) in [6.07, 6.45) is 3.08. The second-order valence-electron chi connectivity index (χ2n) is 6.50. The van der Waals surface area contributed by atoms with Crippen molar-refractivity contribution in [1.29, 1.82) is 0 Å². The van der Waals surface area contributed by atoms with Gasteiger partial charge in [0, 0.05) is 15.9 Å². The third kappa shape index (κ3) is 2.91. The lowest BCUT2D eigenvalue weighted by Crippen LogP contribution is -2.17. The Morgan fingerprint density at radius 2 is 1.96 bits per heavy atom. The first-order chi connectivity index (χ1) is 12.5. The Balaban J connectivity index is 1.74. The van der Waals surface area contributed by atoms with Gasteiger partial charge in [0.25, 0.3) is 5.56 Å². The molecule has 1 N–H and O–H groups in total. The van der Waals surface area contributed by atoms with Gasteiger partial charge in [0.15, 0.2) is 0 Å². The van der Waals surface area contributed by atoms with Crippen LogP contribution < -0.4 is 5.56 Å². The Hall–Kier alpha value is -2.92. The summed E-state index contributed by atoms with van der Waals surface area (Å²) < 4.78 is 1.23. The number of benzene rings is 2. The molecule has 6 heteroatoms. The predicted octanol–water partition coefficient (Wildman–Crippen LogP) is 4.54. The van der Waals surface area contributed by atoms with E-state index in [2.05, 4.69) is 41.0 Å². The molecule has 2 aromatic carbocycles. The van der Waals surface area contributed by atoms with Crippen molar-refractivity contribution in [1.82, 2.24) is 14.6 Å². The van der Waals surface area contributed by atoms with Crippen molar-refractivity contribution in [2.24, 2.45) is 5.10 Å². The first kappa shape index (κ1) is 16.5. The molecule has 0 aliphatic carbocycles. The number of aromatic nitrogens is 3. The Morgan fingerprint density at radius 1 is 1.19 bits per heavy atom. The molecule has 2 heterocycles. The van der Waals surface area contributed by atoms with E-state index in [0.29, 0.717) is 22.0 Å². The minimum Gasteiger partial charge on any atom is -0.349 e. The van der Waals surface area contributed by atoms with Gasteiger partial charge in [-0.05, 0) is 35.2 Å². The monoisotopic (exact) mass is 364 g/mol. The molecule has 0 saturated carbocycles. The topological polar surface area (TPSA) is 63.0 Å². The SMILES string of the molecule is CC(C)c1ccc(/C=N\n2cnc3c([nH]c4ccc(Cl)cc43)c2=O)cc1. The van der Waals surface area contributed by atoms with Gasteiger partial charge in [-0.1, -0.05) is 49.7 Å². The van der Waals surface area contributed by atoms with E-state index in [9.17, 15) is 4.79 Å². The molecule has 0 aliphatic rings. The molecule has 26 heavy (non-hydrogen) atoms. The standard InChI is InChI=1S/C20H17ClN4O/c1-12(2)14-5-3-13(4-6-14)10-23-25-11-22-18-16-9-15(21)7-8-17(16)24-19(18)20(25)26/h3-12,24H,1-2H3/b23-10-. The minimum atomic E-state index is -0.252. The molecule has 2 aromatic heterocycles. The zero-order valence-corrected chi connectivity index (χ0v) is 15.2. The van der Waals surface area contributed by atoms with Gasteiger partial charge in [-0.15, -0.1) is 0 Å². The van der Waals surface area contributed by atoms with E-state index < -0.39 is 0 Å². The minimum absolute atomic E-state index is 0.252. The number of rotatable bonds is 3. The van der Waals surface area contributed by atoms with Crippen molar-refractivity contribution >= 4 is 39.8 Å². The fraction of sp³-hybridized carbons (Fsp3) is 0.150. The lowest BCUT2D eigenvalue weighted by molar-refractivity contribution is 0.815. The molecule has 0 amide bonds. The number of nitrogens with zero attached hydrogens (tertiary/aromatic N) is 3. The predicted molar refractivity (Wildman–Crippen MR) is 106 cm³/mol. The summed E-state index contributed by atoms with van der Waals surface area (Å²) in [6.45, 7) is 4.30. The first-order valence-electron chi connectivity index (χ1n) is 8.36. The summed E-state index contributed by atoms with van der Waals surface area (Å²) >= 11 is 6.05. The molecule has 0 aliphatic heterocycles. The van der Waals surface area contributed by atoms with Crippen molar-refractivity contribution in [2.75, 3.05) is 0 Å². The van der Waals surface area contributed by atoms with E-state index in [1.807, 2.05) is 18.2 Å². The van der Waals surface area contributed by atoms with Crippen LogP contribution in [0.25, 0.3) is 21.9 Å². The van der Waals surface area contributed by atoms with E-state index in [0.717, 1.165) is 16.5 Å². The van der Waals surface area contributed by atoms with Crippen LogP contribution in [-0.2, 0) is 0 Å². The fourth-order valence-electron chi connectivity index (χ4n) is 2.90. The number of hydrogen-bond donors (Lipinski definition) is 1. The molecular formula is C20H17ClN4O. The quantitative estimate of drug-likeness (QED) is 0.542. The van der Waals surface area contributed by atoms with Crippen LogP contribution in [-0.4, -0.2) is 20.9 Å². The van der Waals surface area contributed by atoms with Crippen LogP contribution in [0.1, 0.15) is 30.9 Å². The van der Waals surface area contributed by atoms with Gasteiger partial charge in [-0.2, -0.15) is 9.78 Å². The van der Waals surface area contributed by atoms with Crippen molar-refractivity contribution < 1.29 is 0 Å². The molecule has 0 unspecified atom stereocenters. The van der Waals surface area contributed by atoms with E-state index >= 15 is 0 Å². The molecule has 4 rings (SSSR count).